The number of benzene rings is 2. The number of rotatable bonds is 8. The van der Waals surface area contributed by atoms with E-state index in [1.54, 1.807) is 29.6 Å². The van der Waals surface area contributed by atoms with Gasteiger partial charge in [0.05, 0.1) is 10.6 Å². The van der Waals surface area contributed by atoms with E-state index in [1.165, 1.54) is 23.5 Å². The van der Waals surface area contributed by atoms with Gasteiger partial charge < -0.3 is 10.2 Å². The van der Waals surface area contributed by atoms with Gasteiger partial charge in [-0.15, -0.1) is 11.3 Å². The van der Waals surface area contributed by atoms with Crippen molar-refractivity contribution < 1.29 is 13.2 Å². The van der Waals surface area contributed by atoms with Gasteiger partial charge in [0.25, 0.3) is 15.9 Å². The first kappa shape index (κ1) is 20.9. The van der Waals surface area contributed by atoms with E-state index >= 15 is 0 Å². The Labute approximate surface area is 175 Å². The minimum Gasteiger partial charge on any atom is -0.372 e. The van der Waals surface area contributed by atoms with Crippen LogP contribution in [0.5, 0.6) is 0 Å². The van der Waals surface area contributed by atoms with Gasteiger partial charge in [-0.2, -0.15) is 0 Å². The van der Waals surface area contributed by atoms with Crippen LogP contribution in [0.3, 0.4) is 0 Å². The molecule has 2 N–H and O–H groups in total. The Hall–Kier alpha value is -2.84. The van der Waals surface area contributed by atoms with Crippen molar-refractivity contribution >= 4 is 44.3 Å². The molecule has 3 aromatic rings. The molecule has 6 nitrogen and oxygen atoms in total. The molecule has 1 heterocycles. The molecule has 152 valence electrons. The number of nitrogens with one attached hydrogen (secondary N) is 2. The molecule has 0 atom stereocenters. The highest BCUT2D eigenvalue weighted by molar-refractivity contribution is 7.92. The summed E-state index contributed by atoms with van der Waals surface area (Å²) >= 11 is 1.18. The molecule has 0 radical (unpaired) electrons. The van der Waals surface area contributed by atoms with Gasteiger partial charge in [0.1, 0.15) is 4.88 Å². The van der Waals surface area contributed by atoms with Gasteiger partial charge in [0.15, 0.2) is 0 Å². The molecule has 3 rings (SSSR count). The smallest absolute Gasteiger partial charge is 0.267 e. The topological polar surface area (TPSA) is 78.5 Å². The first-order chi connectivity index (χ1) is 13.9. The van der Waals surface area contributed by atoms with Gasteiger partial charge in [-0.25, -0.2) is 8.42 Å². The maximum atomic E-state index is 12.7. The van der Waals surface area contributed by atoms with Crippen molar-refractivity contribution in [3.8, 4) is 0 Å². The quantitative estimate of drug-likeness (QED) is 0.546. The zero-order valence-corrected chi connectivity index (χ0v) is 17.9. The summed E-state index contributed by atoms with van der Waals surface area (Å²) in [7, 11) is -3.76. The zero-order chi connectivity index (χ0) is 20.9. The van der Waals surface area contributed by atoms with Crippen LogP contribution >= 0.6 is 11.3 Å². The maximum Gasteiger partial charge on any atom is 0.267 e. The fourth-order valence-electron chi connectivity index (χ4n) is 2.90. The molecule has 0 aliphatic heterocycles. The van der Waals surface area contributed by atoms with Crippen LogP contribution in [0.25, 0.3) is 0 Å². The summed E-state index contributed by atoms with van der Waals surface area (Å²) in [5.41, 5.74) is 1.99. The number of sulfonamides is 1. The largest absolute Gasteiger partial charge is 0.372 e. The van der Waals surface area contributed by atoms with Crippen molar-refractivity contribution in [1.82, 2.24) is 0 Å². The summed E-state index contributed by atoms with van der Waals surface area (Å²) in [4.78, 5) is 15.4. The molecule has 0 saturated heterocycles. The molecule has 0 unspecified atom stereocenters. The number of carbonyl (C=O) groups is 1. The van der Waals surface area contributed by atoms with E-state index in [4.69, 9.17) is 0 Å². The normalized spacial score (nSPS) is 11.1. The molecule has 0 aliphatic rings. The minimum absolute atomic E-state index is 0.143. The Morgan fingerprint density at radius 3 is 2.24 bits per heavy atom. The zero-order valence-electron chi connectivity index (χ0n) is 16.3. The number of thiophene rings is 1. The lowest BCUT2D eigenvalue weighted by Crippen LogP contribution is -2.21. The third kappa shape index (κ3) is 4.96. The van der Waals surface area contributed by atoms with E-state index in [1.807, 2.05) is 24.3 Å². The molecule has 0 saturated carbocycles. The number of carbonyl (C=O) groups excluding carboxylic acids is 1. The van der Waals surface area contributed by atoms with Crippen molar-refractivity contribution in [3.63, 3.8) is 0 Å². The van der Waals surface area contributed by atoms with E-state index in [0.29, 0.717) is 10.6 Å². The summed E-state index contributed by atoms with van der Waals surface area (Å²) in [6, 6.07) is 17.2. The van der Waals surface area contributed by atoms with Crippen molar-refractivity contribution in [3.05, 3.63) is 70.9 Å². The predicted octanol–water partition coefficient (Wildman–Crippen LogP) is 4.65. The standard InChI is InChI=1S/C21H23N3O3S2/c1-3-24(4-2)17-12-10-16(11-13-17)22-21(25)20-19(14-15-28-20)23-29(26,27)18-8-6-5-7-9-18/h5-15,23H,3-4H2,1-2H3,(H,22,25). The van der Waals surface area contributed by atoms with Crippen molar-refractivity contribution in [1.29, 1.82) is 0 Å². The third-order valence-corrected chi connectivity index (χ3v) is 6.72. The van der Waals surface area contributed by atoms with Gasteiger partial charge in [-0.3, -0.25) is 9.52 Å². The van der Waals surface area contributed by atoms with Crippen LogP contribution in [0.4, 0.5) is 17.1 Å². The molecular weight excluding hydrogens is 406 g/mol. The summed E-state index contributed by atoms with van der Waals surface area (Å²) in [5.74, 6) is -0.360. The second kappa shape index (κ2) is 9.11. The lowest BCUT2D eigenvalue weighted by Gasteiger charge is -2.21. The number of hydrogen-bond donors (Lipinski definition) is 2. The van der Waals surface area contributed by atoms with E-state index in [9.17, 15) is 13.2 Å². The molecule has 2 aromatic carbocycles. The Morgan fingerprint density at radius 2 is 1.62 bits per heavy atom. The third-order valence-electron chi connectivity index (χ3n) is 4.42. The first-order valence-corrected chi connectivity index (χ1v) is 11.6. The first-order valence-electron chi connectivity index (χ1n) is 9.26. The molecule has 29 heavy (non-hydrogen) atoms. The summed E-state index contributed by atoms with van der Waals surface area (Å²) in [6.07, 6.45) is 0. The lowest BCUT2D eigenvalue weighted by atomic mass is 10.2. The molecule has 0 aliphatic carbocycles. The number of nitrogens with zero attached hydrogens (tertiary/aromatic N) is 1. The van der Waals surface area contributed by atoms with E-state index in [-0.39, 0.29) is 16.5 Å². The Bertz CT molecular complexity index is 1060. The van der Waals surface area contributed by atoms with E-state index < -0.39 is 10.0 Å². The summed E-state index contributed by atoms with van der Waals surface area (Å²) in [5, 5.41) is 4.51. The molecule has 1 amide bonds. The van der Waals surface area contributed by atoms with Crippen LogP contribution in [0, 0.1) is 0 Å². The molecule has 0 fully saturated rings. The van der Waals surface area contributed by atoms with Gasteiger partial charge in [0.2, 0.25) is 0 Å². The highest BCUT2D eigenvalue weighted by Gasteiger charge is 2.20. The molecule has 0 spiro atoms. The molecular formula is C21H23N3O3S2. The highest BCUT2D eigenvalue weighted by atomic mass is 32.2. The van der Waals surface area contributed by atoms with Gasteiger partial charge >= 0.3 is 0 Å². The molecule has 1 aromatic heterocycles. The SMILES string of the molecule is CCN(CC)c1ccc(NC(=O)c2sccc2NS(=O)(=O)c2ccccc2)cc1. The second-order valence-electron chi connectivity index (χ2n) is 6.26. The Balaban J connectivity index is 1.74. The van der Waals surface area contributed by atoms with Gasteiger partial charge in [0, 0.05) is 24.5 Å². The molecule has 0 bridgehead atoms. The highest BCUT2D eigenvalue weighted by Crippen LogP contribution is 2.27. The van der Waals surface area contributed by atoms with Crippen molar-refractivity contribution in [2.24, 2.45) is 0 Å². The van der Waals surface area contributed by atoms with Crippen LogP contribution in [0.1, 0.15) is 23.5 Å². The average Bonchev–Trinajstić information content (AvgIpc) is 3.18. The fraction of sp³-hybridized carbons (Fsp3) is 0.190. The van der Waals surface area contributed by atoms with Crippen molar-refractivity contribution in [2.75, 3.05) is 28.0 Å². The van der Waals surface area contributed by atoms with Crippen LogP contribution in [0.2, 0.25) is 0 Å². The fourth-order valence-corrected chi connectivity index (χ4v) is 4.80. The monoisotopic (exact) mass is 429 g/mol. The van der Waals surface area contributed by atoms with Gasteiger partial charge in [-0.1, -0.05) is 18.2 Å². The summed E-state index contributed by atoms with van der Waals surface area (Å²) in [6.45, 7) is 5.99. The van der Waals surface area contributed by atoms with E-state index in [0.717, 1.165) is 18.8 Å². The van der Waals surface area contributed by atoms with Gasteiger partial charge in [-0.05, 0) is 61.7 Å². The lowest BCUT2D eigenvalue weighted by molar-refractivity contribution is 0.103. The van der Waals surface area contributed by atoms with Crippen molar-refractivity contribution in [2.45, 2.75) is 18.7 Å². The van der Waals surface area contributed by atoms with Crippen LogP contribution in [-0.4, -0.2) is 27.4 Å². The number of hydrogen-bond acceptors (Lipinski definition) is 5. The number of anilines is 3. The minimum atomic E-state index is -3.76. The Kier molecular flexibility index (Phi) is 6.56. The average molecular weight is 430 g/mol. The molecule has 8 heteroatoms. The van der Waals surface area contributed by atoms with E-state index in [2.05, 4.69) is 28.8 Å². The van der Waals surface area contributed by atoms with Crippen LogP contribution in [0.15, 0.2) is 70.9 Å². The Morgan fingerprint density at radius 1 is 0.966 bits per heavy atom. The second-order valence-corrected chi connectivity index (χ2v) is 8.85. The van der Waals surface area contributed by atoms with Crippen LogP contribution in [-0.2, 0) is 10.0 Å². The predicted molar refractivity (Wildman–Crippen MR) is 120 cm³/mol. The summed E-state index contributed by atoms with van der Waals surface area (Å²) < 4.78 is 27.6. The number of amides is 1. The van der Waals surface area contributed by atoms with Crippen LogP contribution < -0.4 is 14.9 Å². The maximum absolute atomic E-state index is 12.7.